The van der Waals surface area contributed by atoms with E-state index in [0.29, 0.717) is 23.0 Å². The van der Waals surface area contributed by atoms with E-state index in [2.05, 4.69) is 5.32 Å². The second-order valence-electron chi connectivity index (χ2n) is 3.83. The number of carbonyl (C=O) groups excluding carboxylic acids is 1. The number of hydrogen-bond donors (Lipinski definition) is 2. The van der Waals surface area contributed by atoms with Crippen LogP contribution in [0, 0.1) is 0 Å². The van der Waals surface area contributed by atoms with E-state index in [1.807, 2.05) is 17.5 Å². The fourth-order valence-electron chi connectivity index (χ4n) is 1.43. The number of amides is 1. The fraction of sp³-hybridized carbons (Fsp3) is 0.154. The summed E-state index contributed by atoms with van der Waals surface area (Å²) in [6.07, 6.45) is 0. The largest absolute Gasteiger partial charge is 0.398 e. The van der Waals surface area contributed by atoms with Gasteiger partial charge in [-0.2, -0.15) is 0 Å². The van der Waals surface area contributed by atoms with Crippen molar-refractivity contribution in [3.63, 3.8) is 0 Å². The first kappa shape index (κ1) is 14.2. The number of halogens is 1. The molecular formula is C13H13ClN2OS2. The highest BCUT2D eigenvalue weighted by Gasteiger charge is 2.06. The van der Waals surface area contributed by atoms with Crippen molar-refractivity contribution >= 4 is 46.3 Å². The van der Waals surface area contributed by atoms with Crippen LogP contribution >= 0.6 is 34.7 Å². The number of benzene rings is 1. The summed E-state index contributed by atoms with van der Waals surface area (Å²) >= 11 is 8.91. The van der Waals surface area contributed by atoms with Gasteiger partial charge in [0.25, 0.3) is 0 Å². The molecule has 2 aromatic rings. The summed E-state index contributed by atoms with van der Waals surface area (Å²) in [7, 11) is 0. The summed E-state index contributed by atoms with van der Waals surface area (Å²) in [4.78, 5) is 13.7. The zero-order chi connectivity index (χ0) is 13.7. The highest BCUT2D eigenvalue weighted by atomic mass is 35.5. The molecular weight excluding hydrogens is 300 g/mol. The van der Waals surface area contributed by atoms with Gasteiger partial charge in [0.2, 0.25) is 5.91 Å². The van der Waals surface area contributed by atoms with Crippen molar-refractivity contribution in [2.75, 3.05) is 11.5 Å². The zero-order valence-corrected chi connectivity index (χ0v) is 12.4. The van der Waals surface area contributed by atoms with E-state index < -0.39 is 0 Å². The van der Waals surface area contributed by atoms with Gasteiger partial charge in [0, 0.05) is 20.5 Å². The highest BCUT2D eigenvalue weighted by Crippen LogP contribution is 2.27. The summed E-state index contributed by atoms with van der Waals surface area (Å²) in [5, 5.41) is 5.48. The van der Waals surface area contributed by atoms with Gasteiger partial charge in [-0.25, -0.2) is 0 Å². The average Bonchev–Trinajstić information content (AvgIpc) is 2.90. The van der Waals surface area contributed by atoms with Crippen LogP contribution in [0.1, 0.15) is 4.88 Å². The Labute approximate surface area is 125 Å². The lowest BCUT2D eigenvalue weighted by Crippen LogP contribution is -2.24. The van der Waals surface area contributed by atoms with Crippen LogP contribution in [0.4, 0.5) is 5.69 Å². The Morgan fingerprint density at radius 2 is 2.26 bits per heavy atom. The molecule has 100 valence electrons. The number of nitrogen functional groups attached to an aromatic ring is 1. The molecule has 6 heteroatoms. The van der Waals surface area contributed by atoms with Crippen LogP contribution < -0.4 is 11.1 Å². The molecule has 19 heavy (non-hydrogen) atoms. The second-order valence-corrected chi connectivity index (χ2v) is 6.31. The van der Waals surface area contributed by atoms with Crippen molar-refractivity contribution in [3.05, 3.63) is 45.6 Å². The van der Waals surface area contributed by atoms with E-state index in [-0.39, 0.29) is 5.91 Å². The van der Waals surface area contributed by atoms with Crippen molar-refractivity contribution in [2.24, 2.45) is 0 Å². The van der Waals surface area contributed by atoms with Crippen molar-refractivity contribution in [1.29, 1.82) is 0 Å². The molecule has 0 saturated carbocycles. The maximum Gasteiger partial charge on any atom is 0.230 e. The molecule has 1 heterocycles. The maximum atomic E-state index is 11.7. The maximum absolute atomic E-state index is 11.7. The minimum absolute atomic E-state index is 0.0159. The lowest BCUT2D eigenvalue weighted by molar-refractivity contribution is -0.118. The number of nitrogens with two attached hydrogens (primary N) is 1. The normalized spacial score (nSPS) is 10.4. The summed E-state index contributed by atoms with van der Waals surface area (Å²) in [5.74, 6) is 0.313. The fourth-order valence-corrected chi connectivity index (χ4v) is 3.14. The highest BCUT2D eigenvalue weighted by molar-refractivity contribution is 8.00. The first-order valence-electron chi connectivity index (χ1n) is 5.62. The van der Waals surface area contributed by atoms with Crippen LogP contribution in [-0.2, 0) is 11.3 Å². The van der Waals surface area contributed by atoms with E-state index in [1.54, 1.807) is 29.5 Å². The van der Waals surface area contributed by atoms with Crippen molar-refractivity contribution in [3.8, 4) is 0 Å². The van der Waals surface area contributed by atoms with Gasteiger partial charge in [0.1, 0.15) is 0 Å². The van der Waals surface area contributed by atoms with Gasteiger partial charge >= 0.3 is 0 Å². The Morgan fingerprint density at radius 3 is 3.00 bits per heavy atom. The lowest BCUT2D eigenvalue weighted by Gasteiger charge is -2.06. The molecule has 2 rings (SSSR count). The molecule has 0 saturated heterocycles. The third-order valence-electron chi connectivity index (χ3n) is 2.37. The van der Waals surface area contributed by atoms with Crippen molar-refractivity contribution < 1.29 is 4.79 Å². The Bertz CT molecular complexity index is 558. The average molecular weight is 313 g/mol. The number of nitrogens with one attached hydrogen (secondary N) is 1. The molecule has 0 aliphatic carbocycles. The number of thioether (sulfide) groups is 1. The minimum Gasteiger partial charge on any atom is -0.398 e. The van der Waals surface area contributed by atoms with E-state index in [9.17, 15) is 4.79 Å². The molecule has 0 spiro atoms. The molecule has 0 aliphatic heterocycles. The molecule has 0 unspecified atom stereocenters. The molecule has 3 N–H and O–H groups in total. The molecule has 0 radical (unpaired) electrons. The van der Waals surface area contributed by atoms with Gasteiger partial charge in [-0.3, -0.25) is 4.79 Å². The SMILES string of the molecule is Nc1ccc(Cl)cc1SCC(=O)NCc1cccs1. The Hall–Kier alpha value is -1.17. The van der Waals surface area contributed by atoms with Crippen LogP contribution in [0.25, 0.3) is 0 Å². The minimum atomic E-state index is -0.0159. The smallest absolute Gasteiger partial charge is 0.230 e. The first-order valence-corrected chi connectivity index (χ1v) is 7.86. The molecule has 0 atom stereocenters. The summed E-state index contributed by atoms with van der Waals surface area (Å²) in [6.45, 7) is 0.572. The van der Waals surface area contributed by atoms with Crippen LogP contribution in [-0.4, -0.2) is 11.7 Å². The van der Waals surface area contributed by atoms with E-state index in [4.69, 9.17) is 17.3 Å². The van der Waals surface area contributed by atoms with E-state index in [0.717, 1.165) is 9.77 Å². The molecule has 3 nitrogen and oxygen atoms in total. The number of carbonyl (C=O) groups is 1. The van der Waals surface area contributed by atoms with Crippen LogP contribution in [0.2, 0.25) is 5.02 Å². The summed E-state index contributed by atoms with van der Waals surface area (Å²) in [6, 6.07) is 9.21. The quantitative estimate of drug-likeness (QED) is 0.657. The van der Waals surface area contributed by atoms with Gasteiger partial charge in [0.05, 0.1) is 12.3 Å². The third-order valence-corrected chi connectivity index (χ3v) is 4.56. The van der Waals surface area contributed by atoms with Gasteiger partial charge in [-0.05, 0) is 29.6 Å². The number of thiophene rings is 1. The Morgan fingerprint density at radius 1 is 1.42 bits per heavy atom. The first-order chi connectivity index (χ1) is 9.15. The predicted octanol–water partition coefficient (Wildman–Crippen LogP) is 3.39. The number of hydrogen-bond acceptors (Lipinski definition) is 4. The summed E-state index contributed by atoms with van der Waals surface area (Å²) < 4.78 is 0. The Kier molecular flexibility index (Phi) is 5.13. The van der Waals surface area contributed by atoms with Crippen molar-refractivity contribution in [2.45, 2.75) is 11.4 Å². The molecule has 0 aliphatic rings. The van der Waals surface area contributed by atoms with Crippen LogP contribution in [0.3, 0.4) is 0 Å². The molecule has 0 fully saturated rings. The van der Waals surface area contributed by atoms with E-state index in [1.165, 1.54) is 11.8 Å². The number of rotatable bonds is 5. The summed E-state index contributed by atoms with van der Waals surface area (Å²) in [5.41, 5.74) is 6.46. The third kappa shape index (κ3) is 4.45. The van der Waals surface area contributed by atoms with Crippen molar-refractivity contribution in [1.82, 2.24) is 5.32 Å². The van der Waals surface area contributed by atoms with Gasteiger partial charge in [-0.15, -0.1) is 23.1 Å². The molecule has 1 aromatic carbocycles. The molecule has 1 amide bonds. The molecule has 0 bridgehead atoms. The van der Waals surface area contributed by atoms with E-state index >= 15 is 0 Å². The van der Waals surface area contributed by atoms with Gasteiger partial charge < -0.3 is 11.1 Å². The van der Waals surface area contributed by atoms with Gasteiger partial charge in [-0.1, -0.05) is 17.7 Å². The monoisotopic (exact) mass is 312 g/mol. The van der Waals surface area contributed by atoms with Crippen LogP contribution in [0.5, 0.6) is 0 Å². The van der Waals surface area contributed by atoms with Crippen LogP contribution in [0.15, 0.2) is 40.6 Å². The standard InChI is InChI=1S/C13H13ClN2OS2/c14-9-3-4-11(15)12(6-9)19-8-13(17)16-7-10-2-1-5-18-10/h1-6H,7-8,15H2,(H,16,17). The second kappa shape index (κ2) is 6.84. The Balaban J connectivity index is 1.81. The lowest BCUT2D eigenvalue weighted by atomic mass is 10.3. The van der Waals surface area contributed by atoms with Gasteiger partial charge in [0.15, 0.2) is 0 Å². The zero-order valence-electron chi connectivity index (χ0n) is 10.1. The predicted molar refractivity (Wildman–Crippen MR) is 82.8 cm³/mol. The topological polar surface area (TPSA) is 55.1 Å². The number of anilines is 1. The molecule has 1 aromatic heterocycles.